The Labute approximate surface area is 212 Å². The van der Waals surface area contributed by atoms with Gasteiger partial charge in [-0.25, -0.2) is 4.79 Å². The fourth-order valence-electron chi connectivity index (χ4n) is 5.12. The quantitative estimate of drug-likeness (QED) is 0.259. The summed E-state index contributed by atoms with van der Waals surface area (Å²) in [5, 5.41) is 27.0. The van der Waals surface area contributed by atoms with Crippen molar-refractivity contribution in [1.29, 1.82) is 0 Å². The van der Waals surface area contributed by atoms with Crippen molar-refractivity contribution in [1.82, 2.24) is 40.6 Å². The Balaban J connectivity index is 1.42. The van der Waals surface area contributed by atoms with Crippen molar-refractivity contribution < 1.29 is 24.3 Å². The van der Waals surface area contributed by atoms with E-state index < -0.39 is 29.9 Å². The number of nitrogens with two attached hydrogens (primary N) is 1. The first kappa shape index (κ1) is 26.0. The number of carbonyl (C=O) groups is 4. The minimum atomic E-state index is -1.16. The van der Waals surface area contributed by atoms with Gasteiger partial charge in [0.05, 0.1) is 24.5 Å². The highest BCUT2D eigenvalue weighted by molar-refractivity contribution is 8.03. The average molecular weight is 522 g/mol. The highest BCUT2D eigenvalue weighted by Crippen LogP contribution is 2.51. The molecular formula is C21H31N9O5S. The van der Waals surface area contributed by atoms with Crippen molar-refractivity contribution in [3.8, 4) is 0 Å². The van der Waals surface area contributed by atoms with Crippen LogP contribution < -0.4 is 16.4 Å². The summed E-state index contributed by atoms with van der Waals surface area (Å²) in [6.07, 6.45) is 1.80. The SMILES string of the molecule is C[C@@H](NC(=O)[C@@H](N)Cn1ncnn1)[C@H]1C(=O)N2C(C(=O)O)=C(SC3CNC(C(=O)N(C)C)C3)[C@H](C)[C@H]12. The topological polar surface area (TPSA) is 189 Å². The number of thioether (sulfide) groups is 1. The van der Waals surface area contributed by atoms with Crippen LogP contribution in [0.4, 0.5) is 0 Å². The van der Waals surface area contributed by atoms with E-state index in [0.717, 1.165) is 0 Å². The molecule has 14 nitrogen and oxygen atoms in total. The Morgan fingerprint density at radius 2 is 2.11 bits per heavy atom. The maximum absolute atomic E-state index is 13.1. The number of hydrogen-bond donors (Lipinski definition) is 4. The molecule has 0 aliphatic carbocycles. The van der Waals surface area contributed by atoms with Gasteiger partial charge in [0.2, 0.25) is 17.7 Å². The van der Waals surface area contributed by atoms with Gasteiger partial charge in [0.25, 0.3) is 0 Å². The largest absolute Gasteiger partial charge is 0.477 e. The lowest BCUT2D eigenvalue weighted by Gasteiger charge is -2.47. The van der Waals surface area contributed by atoms with Gasteiger partial charge in [-0.1, -0.05) is 6.92 Å². The number of carbonyl (C=O) groups excluding carboxylic acids is 3. The van der Waals surface area contributed by atoms with Gasteiger partial charge in [0, 0.05) is 42.8 Å². The summed E-state index contributed by atoms with van der Waals surface area (Å²) in [6.45, 7) is 4.21. The first-order chi connectivity index (χ1) is 17.0. The van der Waals surface area contributed by atoms with E-state index in [1.807, 2.05) is 6.92 Å². The first-order valence-corrected chi connectivity index (χ1v) is 12.6. The molecule has 0 saturated carbocycles. The molecule has 0 radical (unpaired) electrons. The second kappa shape index (κ2) is 10.1. The molecule has 2 unspecified atom stereocenters. The standard InChI is InChI=1S/C21H31N9O5S/c1-9-15-14(10(2)26-18(31)12(22)7-29-25-8-24-27-29)20(33)30(15)16(21(34)35)17(9)36-11-5-13(23-6-11)19(32)28(3)4/h8-15,23H,5-7,22H2,1-4H3,(H,26,31)(H,34,35)/t9-,10-,11?,12+,13?,14-,15-/m1/s1. The van der Waals surface area contributed by atoms with Crippen LogP contribution >= 0.6 is 11.8 Å². The predicted octanol–water partition coefficient (Wildman–Crippen LogP) is -2.17. The Kier molecular flexibility index (Phi) is 7.33. The first-order valence-electron chi connectivity index (χ1n) is 11.7. The molecule has 1 aromatic heterocycles. The maximum Gasteiger partial charge on any atom is 0.353 e. The van der Waals surface area contributed by atoms with Gasteiger partial charge in [0.1, 0.15) is 11.7 Å². The minimum Gasteiger partial charge on any atom is -0.477 e. The number of tetrazole rings is 1. The number of amides is 3. The molecule has 15 heteroatoms. The number of carboxylic acids is 1. The molecule has 3 aliphatic heterocycles. The molecule has 3 amide bonds. The zero-order chi connectivity index (χ0) is 26.3. The van der Waals surface area contributed by atoms with E-state index in [-0.39, 0.29) is 47.3 Å². The number of fused-ring (bicyclic) bond motifs is 1. The number of aliphatic carboxylic acids is 1. The van der Waals surface area contributed by atoms with Gasteiger partial charge in [-0.15, -0.1) is 22.0 Å². The van der Waals surface area contributed by atoms with E-state index in [1.165, 1.54) is 32.7 Å². The number of nitrogens with one attached hydrogen (secondary N) is 2. The normalized spacial score (nSPS) is 29.0. The summed E-state index contributed by atoms with van der Waals surface area (Å²) in [4.78, 5) is 54.9. The third-order valence-corrected chi connectivity index (χ3v) is 8.42. The van der Waals surface area contributed by atoms with Crippen molar-refractivity contribution in [3.05, 3.63) is 16.9 Å². The van der Waals surface area contributed by atoms with Crippen LogP contribution in [0.2, 0.25) is 0 Å². The minimum absolute atomic E-state index is 0.00141. The van der Waals surface area contributed by atoms with E-state index >= 15 is 0 Å². The van der Waals surface area contributed by atoms with Crippen LogP contribution in [0.1, 0.15) is 20.3 Å². The molecule has 1 aromatic rings. The van der Waals surface area contributed by atoms with E-state index in [4.69, 9.17) is 5.73 Å². The molecule has 4 rings (SSSR count). The van der Waals surface area contributed by atoms with Gasteiger partial charge in [-0.3, -0.25) is 14.4 Å². The monoisotopic (exact) mass is 521 g/mol. The molecule has 2 saturated heterocycles. The van der Waals surface area contributed by atoms with Crippen LogP contribution in [-0.4, -0.2) is 109 Å². The zero-order valence-corrected chi connectivity index (χ0v) is 21.3. The Morgan fingerprint density at radius 1 is 1.39 bits per heavy atom. The van der Waals surface area contributed by atoms with Crippen LogP contribution in [0.5, 0.6) is 0 Å². The number of β-lactam (4-membered cyclic amide) rings is 1. The highest BCUT2D eigenvalue weighted by Gasteiger charge is 2.60. The average Bonchev–Trinajstić information content (AvgIpc) is 3.54. The maximum atomic E-state index is 13.1. The van der Waals surface area contributed by atoms with Gasteiger partial charge >= 0.3 is 5.97 Å². The van der Waals surface area contributed by atoms with E-state index in [1.54, 1.807) is 21.0 Å². The molecule has 0 spiro atoms. The van der Waals surface area contributed by atoms with Crippen LogP contribution in [0.3, 0.4) is 0 Å². The summed E-state index contributed by atoms with van der Waals surface area (Å²) in [5.74, 6) is -2.82. The number of aromatic nitrogens is 4. The molecular weight excluding hydrogens is 490 g/mol. The van der Waals surface area contributed by atoms with Crippen LogP contribution in [-0.2, 0) is 25.7 Å². The van der Waals surface area contributed by atoms with Crippen molar-refractivity contribution >= 4 is 35.5 Å². The summed E-state index contributed by atoms with van der Waals surface area (Å²) in [5.41, 5.74) is 5.95. The summed E-state index contributed by atoms with van der Waals surface area (Å²) < 4.78 is 0. The van der Waals surface area contributed by atoms with Crippen molar-refractivity contribution in [2.45, 2.75) is 56.2 Å². The molecule has 36 heavy (non-hydrogen) atoms. The van der Waals surface area contributed by atoms with Crippen LogP contribution in [0.25, 0.3) is 0 Å². The van der Waals surface area contributed by atoms with Crippen molar-refractivity contribution in [3.63, 3.8) is 0 Å². The molecule has 2 fully saturated rings. The van der Waals surface area contributed by atoms with Gasteiger partial charge in [-0.05, 0) is 18.6 Å². The second-order valence-corrected chi connectivity index (χ2v) is 10.9. The number of carboxylic acid groups (broad SMARTS) is 1. The fourth-order valence-corrected chi connectivity index (χ4v) is 6.60. The van der Waals surface area contributed by atoms with Crippen LogP contribution in [0, 0.1) is 11.8 Å². The van der Waals surface area contributed by atoms with Crippen LogP contribution in [0.15, 0.2) is 16.9 Å². The summed E-state index contributed by atoms with van der Waals surface area (Å²) in [6, 6.07) is -2.21. The third kappa shape index (κ3) is 4.69. The number of hydrogen-bond acceptors (Lipinski definition) is 10. The predicted molar refractivity (Wildman–Crippen MR) is 128 cm³/mol. The smallest absolute Gasteiger partial charge is 0.353 e. The lowest BCUT2D eigenvalue weighted by atomic mass is 9.78. The molecule has 0 bridgehead atoms. The summed E-state index contributed by atoms with van der Waals surface area (Å²) >= 11 is 1.42. The van der Waals surface area contributed by atoms with E-state index in [2.05, 4.69) is 26.0 Å². The molecule has 196 valence electrons. The van der Waals surface area contributed by atoms with E-state index in [9.17, 15) is 24.3 Å². The number of likely N-dealkylation sites (N-methyl/N-ethyl adjacent to an activating group) is 1. The molecule has 7 atom stereocenters. The number of nitrogens with zero attached hydrogens (tertiary/aromatic N) is 6. The lowest BCUT2D eigenvalue weighted by molar-refractivity contribution is -0.158. The fraction of sp³-hybridized carbons (Fsp3) is 0.667. The van der Waals surface area contributed by atoms with Gasteiger partial charge in [0.15, 0.2) is 6.33 Å². The van der Waals surface area contributed by atoms with Crippen molar-refractivity contribution in [2.75, 3.05) is 20.6 Å². The molecule has 3 aliphatic rings. The third-order valence-electron chi connectivity index (χ3n) is 6.91. The molecule has 4 heterocycles. The zero-order valence-electron chi connectivity index (χ0n) is 20.5. The Bertz CT molecular complexity index is 1080. The molecule has 5 N–H and O–H groups in total. The van der Waals surface area contributed by atoms with Crippen molar-refractivity contribution in [2.24, 2.45) is 17.6 Å². The Hall–Kier alpha value is -3.04. The Morgan fingerprint density at radius 3 is 2.72 bits per heavy atom. The second-order valence-electron chi connectivity index (χ2n) is 9.59. The summed E-state index contributed by atoms with van der Waals surface area (Å²) in [7, 11) is 3.40. The van der Waals surface area contributed by atoms with Gasteiger partial charge in [-0.2, -0.15) is 4.80 Å². The van der Waals surface area contributed by atoms with Gasteiger partial charge < -0.3 is 31.3 Å². The molecule has 0 aromatic carbocycles. The number of rotatable bonds is 9. The lowest BCUT2D eigenvalue weighted by Crippen LogP contribution is -2.66. The highest BCUT2D eigenvalue weighted by atomic mass is 32.2. The van der Waals surface area contributed by atoms with E-state index in [0.29, 0.717) is 17.9 Å².